The molecule has 1 radical (unpaired) electrons. The molecule has 23 heavy (non-hydrogen) atoms. The van der Waals surface area contributed by atoms with Gasteiger partial charge >= 0.3 is 0 Å². The average molecular weight is 311 g/mol. The fraction of sp³-hybridized carbons (Fsp3) is 0.636. The Balaban J connectivity index is 1.52. The van der Waals surface area contributed by atoms with E-state index in [-0.39, 0.29) is 0 Å². The molecule has 0 amide bonds. The van der Waals surface area contributed by atoms with Gasteiger partial charge < -0.3 is 0 Å². The third-order valence-corrected chi connectivity index (χ3v) is 5.55. The fourth-order valence-electron chi connectivity index (χ4n) is 4.19. The van der Waals surface area contributed by atoms with Crippen molar-refractivity contribution in [1.82, 2.24) is 5.32 Å². The molecule has 1 heterocycles. The smallest absolute Gasteiger partial charge is 0.0711 e. The summed E-state index contributed by atoms with van der Waals surface area (Å²) in [5.41, 5.74) is 8.84. The largest absolute Gasteiger partial charge is 0.253 e. The first-order chi connectivity index (χ1) is 11.3. The van der Waals surface area contributed by atoms with Gasteiger partial charge in [0.1, 0.15) is 0 Å². The van der Waals surface area contributed by atoms with Gasteiger partial charge in [-0.3, -0.25) is 5.32 Å². The summed E-state index contributed by atoms with van der Waals surface area (Å²) in [6.45, 7) is 4.58. The standard InChI is InChI=1S/C22H32N/c1-3-4-5-6-7-8-9-10-12-18-17(2)15-16-21-22(18)19-13-11-14-20(19)23-21/h15-16H,3-14H2,1-2H3. The maximum Gasteiger partial charge on any atom is 0.0711 e. The van der Waals surface area contributed by atoms with Crippen LogP contribution in [0.3, 0.4) is 0 Å². The second-order valence-electron chi connectivity index (χ2n) is 7.37. The van der Waals surface area contributed by atoms with Crippen LogP contribution in [0.1, 0.15) is 94.2 Å². The van der Waals surface area contributed by atoms with Gasteiger partial charge in [0.2, 0.25) is 0 Å². The van der Waals surface area contributed by atoms with Gasteiger partial charge in [0.15, 0.2) is 0 Å². The van der Waals surface area contributed by atoms with Crippen molar-refractivity contribution >= 4 is 11.3 Å². The van der Waals surface area contributed by atoms with Crippen molar-refractivity contribution in [3.05, 3.63) is 34.5 Å². The molecule has 1 aliphatic heterocycles. The van der Waals surface area contributed by atoms with Crippen molar-refractivity contribution in [2.45, 2.75) is 90.9 Å². The summed E-state index contributed by atoms with van der Waals surface area (Å²) < 4.78 is 0. The molecule has 0 saturated carbocycles. The number of nitrogens with zero attached hydrogens (tertiary/aromatic N) is 1. The molecule has 0 atom stereocenters. The van der Waals surface area contributed by atoms with E-state index in [1.54, 1.807) is 11.1 Å². The van der Waals surface area contributed by atoms with E-state index in [2.05, 4.69) is 26.0 Å². The first-order valence-corrected chi connectivity index (χ1v) is 9.88. The van der Waals surface area contributed by atoms with Gasteiger partial charge in [-0.1, -0.05) is 57.9 Å². The van der Waals surface area contributed by atoms with E-state index in [0.29, 0.717) is 0 Å². The Morgan fingerprint density at radius 1 is 0.913 bits per heavy atom. The predicted octanol–water partition coefficient (Wildman–Crippen LogP) is 6.82. The van der Waals surface area contributed by atoms with Crippen LogP contribution in [0, 0.1) is 6.92 Å². The summed E-state index contributed by atoms with van der Waals surface area (Å²) >= 11 is 0. The van der Waals surface area contributed by atoms with Crippen molar-refractivity contribution in [3.8, 4) is 0 Å². The van der Waals surface area contributed by atoms with Crippen molar-refractivity contribution in [3.63, 3.8) is 0 Å². The Morgan fingerprint density at radius 3 is 2.43 bits per heavy atom. The molecule has 1 aromatic carbocycles. The predicted molar refractivity (Wildman–Crippen MR) is 100 cm³/mol. The number of unbranched alkanes of at least 4 members (excludes halogenated alkanes) is 7. The number of rotatable bonds is 9. The van der Waals surface area contributed by atoms with Crippen LogP contribution in [0.4, 0.5) is 5.69 Å². The third-order valence-electron chi connectivity index (χ3n) is 5.55. The molecule has 2 aliphatic rings. The summed E-state index contributed by atoms with van der Waals surface area (Å²) in [6.07, 6.45) is 16.2. The summed E-state index contributed by atoms with van der Waals surface area (Å²) in [5, 5.41) is 4.88. The zero-order valence-corrected chi connectivity index (χ0v) is 15.1. The lowest BCUT2D eigenvalue weighted by Gasteiger charge is -2.14. The van der Waals surface area contributed by atoms with Crippen LogP contribution >= 0.6 is 0 Å². The van der Waals surface area contributed by atoms with E-state index < -0.39 is 0 Å². The molecule has 0 N–H and O–H groups in total. The van der Waals surface area contributed by atoms with Gasteiger partial charge in [-0.25, -0.2) is 0 Å². The summed E-state index contributed by atoms with van der Waals surface area (Å²) in [6, 6.07) is 4.52. The van der Waals surface area contributed by atoms with E-state index in [1.165, 1.54) is 99.6 Å². The van der Waals surface area contributed by atoms with Gasteiger partial charge in [0, 0.05) is 11.3 Å². The van der Waals surface area contributed by atoms with Crippen LogP contribution in [0.2, 0.25) is 0 Å². The monoisotopic (exact) mass is 310 g/mol. The highest BCUT2D eigenvalue weighted by Gasteiger charge is 2.29. The van der Waals surface area contributed by atoms with Crippen LogP contribution in [0.15, 0.2) is 17.8 Å². The van der Waals surface area contributed by atoms with E-state index >= 15 is 0 Å². The van der Waals surface area contributed by atoms with Crippen molar-refractivity contribution in [2.75, 3.05) is 0 Å². The topological polar surface area (TPSA) is 14.1 Å². The maximum absolute atomic E-state index is 4.88. The van der Waals surface area contributed by atoms with Crippen molar-refractivity contribution in [1.29, 1.82) is 0 Å². The zero-order chi connectivity index (χ0) is 16.1. The van der Waals surface area contributed by atoms with Gasteiger partial charge in [-0.2, -0.15) is 0 Å². The SMILES string of the molecule is CCCCCCCCCCc1c(C)ccc2c1C1=C(CCC1)[N]2. The molecule has 0 bridgehead atoms. The molecular formula is C22H32N. The summed E-state index contributed by atoms with van der Waals surface area (Å²) in [4.78, 5) is 0. The van der Waals surface area contributed by atoms with Crippen LogP contribution in [0.25, 0.3) is 5.57 Å². The Labute approximate surface area is 142 Å². The number of hydrogen-bond donors (Lipinski definition) is 0. The Bertz CT molecular complexity index is 568. The summed E-state index contributed by atoms with van der Waals surface area (Å²) in [5.74, 6) is 0. The zero-order valence-electron chi connectivity index (χ0n) is 15.1. The molecule has 0 aromatic heterocycles. The molecule has 1 aromatic rings. The quantitative estimate of drug-likeness (QED) is 0.444. The lowest BCUT2D eigenvalue weighted by molar-refractivity contribution is 0.575. The second kappa shape index (κ2) is 8.04. The first kappa shape index (κ1) is 16.6. The van der Waals surface area contributed by atoms with Crippen LogP contribution in [-0.4, -0.2) is 0 Å². The van der Waals surface area contributed by atoms with E-state index in [4.69, 9.17) is 5.32 Å². The molecule has 1 heteroatoms. The van der Waals surface area contributed by atoms with Gasteiger partial charge in [0.05, 0.1) is 5.69 Å². The first-order valence-electron chi connectivity index (χ1n) is 9.88. The van der Waals surface area contributed by atoms with Gasteiger partial charge in [-0.15, -0.1) is 0 Å². The average Bonchev–Trinajstić information content (AvgIpc) is 3.12. The number of hydrogen-bond acceptors (Lipinski definition) is 0. The Hall–Kier alpha value is -1.24. The van der Waals surface area contributed by atoms with Gasteiger partial charge in [-0.05, 0) is 61.8 Å². The highest BCUT2D eigenvalue weighted by molar-refractivity contribution is 5.85. The molecule has 1 aliphatic carbocycles. The number of benzene rings is 1. The molecule has 125 valence electrons. The normalized spacial score (nSPS) is 15.7. The maximum atomic E-state index is 4.88. The summed E-state index contributed by atoms with van der Waals surface area (Å²) in [7, 11) is 0. The van der Waals surface area contributed by atoms with Gasteiger partial charge in [0.25, 0.3) is 0 Å². The van der Waals surface area contributed by atoms with E-state index in [1.807, 2.05) is 0 Å². The minimum Gasteiger partial charge on any atom is -0.253 e. The minimum atomic E-state index is 1.19. The molecule has 0 unspecified atom stereocenters. The van der Waals surface area contributed by atoms with Crippen molar-refractivity contribution in [2.24, 2.45) is 0 Å². The lowest BCUT2D eigenvalue weighted by atomic mass is 9.91. The third kappa shape index (κ3) is 3.82. The number of allylic oxidation sites excluding steroid dienone is 2. The van der Waals surface area contributed by atoms with E-state index in [9.17, 15) is 0 Å². The molecule has 0 saturated heterocycles. The van der Waals surface area contributed by atoms with Crippen LogP contribution in [-0.2, 0) is 6.42 Å². The van der Waals surface area contributed by atoms with Crippen LogP contribution < -0.4 is 5.32 Å². The van der Waals surface area contributed by atoms with Crippen LogP contribution in [0.5, 0.6) is 0 Å². The second-order valence-corrected chi connectivity index (χ2v) is 7.37. The Morgan fingerprint density at radius 2 is 1.65 bits per heavy atom. The van der Waals surface area contributed by atoms with E-state index in [0.717, 1.165) is 0 Å². The molecule has 0 fully saturated rings. The molecule has 0 spiro atoms. The molecular weight excluding hydrogens is 278 g/mol. The van der Waals surface area contributed by atoms with Crippen molar-refractivity contribution < 1.29 is 0 Å². The highest BCUT2D eigenvalue weighted by atomic mass is 14.9. The minimum absolute atomic E-state index is 1.19. The number of aryl methyl sites for hydroxylation is 1. The number of fused-ring (bicyclic) bond motifs is 2. The molecule has 3 rings (SSSR count). The molecule has 1 nitrogen and oxygen atoms in total. The highest BCUT2D eigenvalue weighted by Crippen LogP contribution is 2.46. The lowest BCUT2D eigenvalue weighted by Crippen LogP contribution is -1.98. The Kier molecular flexibility index (Phi) is 5.80. The fourth-order valence-corrected chi connectivity index (χ4v) is 4.19.